The molecule has 1 aromatic carbocycles. The highest BCUT2D eigenvalue weighted by atomic mass is 16.2. The third-order valence-corrected chi connectivity index (χ3v) is 4.86. The van der Waals surface area contributed by atoms with E-state index in [2.05, 4.69) is 5.32 Å². The molecule has 0 spiro atoms. The molecule has 1 aliphatic heterocycles. The van der Waals surface area contributed by atoms with E-state index in [-0.39, 0.29) is 24.1 Å². The molecule has 1 N–H and O–H groups in total. The van der Waals surface area contributed by atoms with Crippen molar-refractivity contribution < 1.29 is 14.4 Å². The SMILES string of the molecule is Cc1ccccc1C(=O)c1cccn1CC(=O)NCCCN1CCCC1=O. The molecule has 2 aromatic rings. The maximum absolute atomic E-state index is 12.8. The van der Waals surface area contributed by atoms with Gasteiger partial charge in [-0.3, -0.25) is 14.4 Å². The zero-order valence-electron chi connectivity index (χ0n) is 15.6. The maximum atomic E-state index is 12.8. The number of carbonyl (C=O) groups excluding carboxylic acids is 3. The molecule has 0 bridgehead atoms. The number of carbonyl (C=O) groups is 3. The smallest absolute Gasteiger partial charge is 0.239 e. The Labute approximate surface area is 159 Å². The second-order valence-corrected chi connectivity index (χ2v) is 6.85. The van der Waals surface area contributed by atoms with Gasteiger partial charge in [-0.05, 0) is 37.5 Å². The Morgan fingerprint density at radius 3 is 2.70 bits per heavy atom. The molecule has 3 rings (SSSR count). The van der Waals surface area contributed by atoms with Gasteiger partial charge in [0.05, 0.1) is 5.69 Å². The quantitative estimate of drug-likeness (QED) is 0.574. The first kappa shape index (κ1) is 18.9. The molecule has 2 amide bonds. The van der Waals surface area contributed by atoms with Crippen molar-refractivity contribution in [1.82, 2.24) is 14.8 Å². The average Bonchev–Trinajstić information content (AvgIpc) is 3.27. The van der Waals surface area contributed by atoms with Gasteiger partial charge in [0.15, 0.2) is 0 Å². The summed E-state index contributed by atoms with van der Waals surface area (Å²) in [6.07, 6.45) is 4.04. The Morgan fingerprint density at radius 2 is 1.96 bits per heavy atom. The van der Waals surface area contributed by atoms with Gasteiger partial charge in [0.2, 0.25) is 17.6 Å². The number of likely N-dealkylation sites (tertiary alicyclic amines) is 1. The summed E-state index contributed by atoms with van der Waals surface area (Å²) < 4.78 is 1.67. The lowest BCUT2D eigenvalue weighted by molar-refractivity contribution is -0.127. The van der Waals surface area contributed by atoms with Crippen LogP contribution >= 0.6 is 0 Å². The van der Waals surface area contributed by atoms with Crippen molar-refractivity contribution in [3.05, 3.63) is 59.4 Å². The van der Waals surface area contributed by atoms with Gasteiger partial charge < -0.3 is 14.8 Å². The fourth-order valence-electron chi connectivity index (χ4n) is 3.37. The van der Waals surface area contributed by atoms with Gasteiger partial charge in [-0.1, -0.05) is 24.3 Å². The first-order valence-corrected chi connectivity index (χ1v) is 9.36. The van der Waals surface area contributed by atoms with Crippen molar-refractivity contribution in [1.29, 1.82) is 0 Å². The van der Waals surface area contributed by atoms with Crippen LogP contribution < -0.4 is 5.32 Å². The second kappa shape index (κ2) is 8.66. The standard InChI is InChI=1S/C21H25N3O3/c1-16-7-2-3-8-17(16)21(27)18-9-4-13-24(18)15-19(25)22-11-6-14-23-12-5-10-20(23)26/h2-4,7-9,13H,5-6,10-12,14-15H2,1H3,(H,22,25). The molecule has 0 saturated carbocycles. The lowest BCUT2D eigenvalue weighted by Gasteiger charge is -2.15. The topological polar surface area (TPSA) is 71.4 Å². The Morgan fingerprint density at radius 1 is 1.15 bits per heavy atom. The van der Waals surface area contributed by atoms with Crippen molar-refractivity contribution >= 4 is 17.6 Å². The molecular weight excluding hydrogens is 342 g/mol. The fourth-order valence-corrected chi connectivity index (χ4v) is 3.37. The molecule has 1 aliphatic rings. The summed E-state index contributed by atoms with van der Waals surface area (Å²) in [5, 5.41) is 2.87. The number of hydrogen-bond acceptors (Lipinski definition) is 3. The van der Waals surface area contributed by atoms with Gasteiger partial charge in [0.25, 0.3) is 0 Å². The van der Waals surface area contributed by atoms with Crippen LogP contribution in [0.1, 0.15) is 40.9 Å². The monoisotopic (exact) mass is 367 g/mol. The molecular formula is C21H25N3O3. The van der Waals surface area contributed by atoms with E-state index in [9.17, 15) is 14.4 Å². The van der Waals surface area contributed by atoms with E-state index in [0.717, 1.165) is 24.9 Å². The van der Waals surface area contributed by atoms with Crippen LogP contribution in [0.5, 0.6) is 0 Å². The molecule has 0 radical (unpaired) electrons. The summed E-state index contributed by atoms with van der Waals surface area (Å²) in [6.45, 7) is 4.02. The van der Waals surface area contributed by atoms with Crippen molar-refractivity contribution in [2.75, 3.05) is 19.6 Å². The van der Waals surface area contributed by atoms with Gasteiger partial charge in [-0.15, -0.1) is 0 Å². The number of amides is 2. The van der Waals surface area contributed by atoms with Crippen LogP contribution in [-0.4, -0.2) is 46.7 Å². The minimum absolute atomic E-state index is 0.0848. The van der Waals surface area contributed by atoms with Gasteiger partial charge in [0, 0.05) is 37.8 Å². The Hall–Kier alpha value is -2.89. The molecule has 6 nitrogen and oxygen atoms in total. The first-order chi connectivity index (χ1) is 13.1. The van der Waals surface area contributed by atoms with Crippen LogP contribution in [0.2, 0.25) is 0 Å². The minimum atomic E-state index is -0.141. The Balaban J connectivity index is 1.52. The average molecular weight is 367 g/mol. The van der Waals surface area contributed by atoms with E-state index < -0.39 is 0 Å². The molecule has 1 saturated heterocycles. The van der Waals surface area contributed by atoms with Crippen molar-refractivity contribution in [2.24, 2.45) is 0 Å². The minimum Gasteiger partial charge on any atom is -0.354 e. The van der Waals surface area contributed by atoms with Crippen LogP contribution in [0, 0.1) is 6.92 Å². The molecule has 0 unspecified atom stereocenters. The highest BCUT2D eigenvalue weighted by Crippen LogP contribution is 2.14. The summed E-state index contributed by atoms with van der Waals surface area (Å²) in [4.78, 5) is 38.4. The first-order valence-electron chi connectivity index (χ1n) is 9.36. The van der Waals surface area contributed by atoms with Crippen LogP contribution in [0.3, 0.4) is 0 Å². The predicted molar refractivity (Wildman–Crippen MR) is 102 cm³/mol. The third kappa shape index (κ3) is 4.64. The lowest BCUT2D eigenvalue weighted by Crippen LogP contribution is -2.32. The number of rotatable bonds is 8. The number of ketones is 1. The van der Waals surface area contributed by atoms with E-state index in [4.69, 9.17) is 0 Å². The van der Waals surface area contributed by atoms with Gasteiger partial charge >= 0.3 is 0 Å². The van der Waals surface area contributed by atoms with Crippen molar-refractivity contribution in [3.8, 4) is 0 Å². The number of aryl methyl sites for hydroxylation is 1. The van der Waals surface area contributed by atoms with Gasteiger partial charge in [-0.25, -0.2) is 0 Å². The third-order valence-electron chi connectivity index (χ3n) is 4.86. The van der Waals surface area contributed by atoms with E-state index in [1.807, 2.05) is 30.0 Å². The molecule has 27 heavy (non-hydrogen) atoms. The highest BCUT2D eigenvalue weighted by Gasteiger charge is 2.19. The molecule has 2 heterocycles. The van der Waals surface area contributed by atoms with E-state index >= 15 is 0 Å². The van der Waals surface area contributed by atoms with Crippen LogP contribution in [0.15, 0.2) is 42.6 Å². The second-order valence-electron chi connectivity index (χ2n) is 6.85. The van der Waals surface area contributed by atoms with Crippen molar-refractivity contribution in [2.45, 2.75) is 32.7 Å². The summed E-state index contributed by atoms with van der Waals surface area (Å²) in [5.41, 5.74) is 2.06. The lowest BCUT2D eigenvalue weighted by atomic mass is 10.0. The molecule has 1 aromatic heterocycles. The molecule has 1 fully saturated rings. The normalized spacial score (nSPS) is 13.8. The summed E-state index contributed by atoms with van der Waals surface area (Å²) >= 11 is 0. The summed E-state index contributed by atoms with van der Waals surface area (Å²) in [6, 6.07) is 10.9. The Kier molecular flexibility index (Phi) is 6.06. The van der Waals surface area contributed by atoms with Crippen LogP contribution in [0.4, 0.5) is 0 Å². The van der Waals surface area contributed by atoms with Gasteiger partial charge in [0.1, 0.15) is 6.54 Å². The zero-order valence-corrected chi connectivity index (χ0v) is 15.6. The van der Waals surface area contributed by atoms with Crippen LogP contribution in [0.25, 0.3) is 0 Å². The number of nitrogens with one attached hydrogen (secondary N) is 1. The van der Waals surface area contributed by atoms with Crippen molar-refractivity contribution in [3.63, 3.8) is 0 Å². The maximum Gasteiger partial charge on any atom is 0.239 e. The predicted octanol–water partition coefficient (Wildman–Crippen LogP) is 2.16. The number of aromatic nitrogens is 1. The fraction of sp³-hybridized carbons (Fsp3) is 0.381. The zero-order chi connectivity index (χ0) is 19.2. The summed E-state index contributed by atoms with van der Waals surface area (Å²) in [5.74, 6) is -0.0238. The molecule has 6 heteroatoms. The number of nitrogens with zero attached hydrogens (tertiary/aromatic N) is 2. The van der Waals surface area contributed by atoms with E-state index in [1.165, 1.54) is 0 Å². The molecule has 0 aliphatic carbocycles. The van der Waals surface area contributed by atoms with E-state index in [1.54, 1.807) is 29.0 Å². The molecule has 0 atom stereocenters. The number of benzene rings is 1. The Bertz CT molecular complexity index is 841. The molecule has 142 valence electrons. The highest BCUT2D eigenvalue weighted by molar-refractivity contribution is 6.09. The largest absolute Gasteiger partial charge is 0.354 e. The van der Waals surface area contributed by atoms with Crippen LogP contribution in [-0.2, 0) is 16.1 Å². The van der Waals surface area contributed by atoms with Gasteiger partial charge in [-0.2, -0.15) is 0 Å². The summed E-state index contributed by atoms with van der Waals surface area (Å²) in [7, 11) is 0. The number of hydrogen-bond donors (Lipinski definition) is 1. The van der Waals surface area contributed by atoms with E-state index in [0.29, 0.717) is 30.8 Å².